The highest BCUT2D eigenvalue weighted by Crippen LogP contribution is 2.32. The largest absolute Gasteiger partial charge is 0.489 e. The molecule has 0 atom stereocenters. The van der Waals surface area contributed by atoms with Crippen LogP contribution in [-0.2, 0) is 10.4 Å². The number of rotatable bonds is 2. The number of hydrogen-bond donors (Lipinski definition) is 2. The Morgan fingerprint density at radius 2 is 1.62 bits per heavy atom. The van der Waals surface area contributed by atoms with Crippen molar-refractivity contribution in [3.8, 4) is 16.9 Å². The first kappa shape index (κ1) is 16.6. The molecule has 0 spiro atoms. The van der Waals surface area contributed by atoms with Gasteiger partial charge in [-0.05, 0) is 23.3 Å². The molecule has 2 rings (SSSR count). The lowest BCUT2D eigenvalue weighted by molar-refractivity contribution is 0.381. The van der Waals surface area contributed by atoms with E-state index in [1.807, 2.05) is 42.5 Å². The highest BCUT2D eigenvalue weighted by Gasteiger charge is 2.14. The van der Waals surface area contributed by atoms with E-state index in [4.69, 9.17) is 27.7 Å². The highest BCUT2D eigenvalue weighted by molar-refractivity contribution is 7.79. The molecule has 0 radical (unpaired) electrons. The molecule has 0 aromatic heterocycles. The lowest BCUT2D eigenvalue weighted by Gasteiger charge is -2.02. The van der Waals surface area contributed by atoms with Crippen molar-refractivity contribution >= 4 is 16.1 Å². The van der Waals surface area contributed by atoms with E-state index in [0.29, 0.717) is 11.4 Å². The van der Waals surface area contributed by atoms with Gasteiger partial charge in [-0.15, -0.1) is 0 Å². The van der Waals surface area contributed by atoms with Crippen LogP contribution in [0.5, 0.6) is 5.75 Å². The van der Waals surface area contributed by atoms with E-state index in [1.165, 1.54) is 0 Å². The molecule has 7 nitrogen and oxygen atoms in total. The molecule has 2 aromatic carbocycles. The van der Waals surface area contributed by atoms with Crippen LogP contribution >= 0.6 is 0 Å². The highest BCUT2D eigenvalue weighted by atomic mass is 32.3. The van der Waals surface area contributed by atoms with Crippen molar-refractivity contribution in [1.29, 1.82) is 5.39 Å². The van der Waals surface area contributed by atoms with Crippen LogP contribution in [-0.4, -0.2) is 24.6 Å². The summed E-state index contributed by atoms with van der Waals surface area (Å²) in [5.41, 5.74) is 2.57. The van der Waals surface area contributed by atoms with Crippen LogP contribution < -0.4 is 4.74 Å². The van der Waals surface area contributed by atoms with Gasteiger partial charge >= 0.3 is 16.1 Å². The third-order valence-electron chi connectivity index (χ3n) is 2.39. The van der Waals surface area contributed by atoms with Gasteiger partial charge < -0.3 is 4.74 Å². The van der Waals surface area contributed by atoms with Crippen LogP contribution in [0.25, 0.3) is 16.1 Å². The first-order chi connectivity index (χ1) is 9.85. The SMILES string of the molecule is COc1cc(-c2ccccc2)ccc1[N+]#N.O=S(=O)(O)O. The average molecular weight is 309 g/mol. The molecule has 0 saturated heterocycles. The zero-order valence-corrected chi connectivity index (χ0v) is 11.9. The summed E-state index contributed by atoms with van der Waals surface area (Å²) in [6, 6.07) is 15.4. The van der Waals surface area contributed by atoms with Gasteiger partial charge in [0, 0.05) is 6.07 Å². The number of benzene rings is 2. The van der Waals surface area contributed by atoms with E-state index in [0.717, 1.165) is 11.1 Å². The monoisotopic (exact) mass is 309 g/mol. The van der Waals surface area contributed by atoms with Crippen molar-refractivity contribution in [3.63, 3.8) is 0 Å². The minimum Gasteiger partial charge on any atom is -0.489 e. The Labute approximate surface area is 122 Å². The predicted molar refractivity (Wildman–Crippen MR) is 77.4 cm³/mol. The van der Waals surface area contributed by atoms with Gasteiger partial charge in [0.25, 0.3) is 0 Å². The average Bonchev–Trinajstić information content (AvgIpc) is 2.45. The Morgan fingerprint density at radius 3 is 2.10 bits per heavy atom. The summed E-state index contributed by atoms with van der Waals surface area (Å²) in [5, 5.41) is 8.76. The van der Waals surface area contributed by atoms with Gasteiger partial charge in [-0.2, -0.15) is 8.42 Å². The molecule has 8 heteroatoms. The standard InChI is InChI=1S/C13H11N2O.H2O4S/c1-16-13-9-11(7-8-12(13)15-14)10-5-3-2-4-6-10;1-5(2,3)4/h2-9H,1H3;(H2,1,2,3,4)/q+1;. The van der Waals surface area contributed by atoms with Gasteiger partial charge in [-0.3, -0.25) is 9.11 Å². The van der Waals surface area contributed by atoms with E-state index in [9.17, 15) is 0 Å². The van der Waals surface area contributed by atoms with Crippen molar-refractivity contribution in [3.05, 3.63) is 53.5 Å². The van der Waals surface area contributed by atoms with Gasteiger partial charge in [0.15, 0.2) is 4.98 Å². The second-order valence-electron chi connectivity index (χ2n) is 3.80. The van der Waals surface area contributed by atoms with Gasteiger partial charge in [-0.1, -0.05) is 30.3 Å². The van der Waals surface area contributed by atoms with E-state index >= 15 is 0 Å². The van der Waals surface area contributed by atoms with Crippen LogP contribution in [0.4, 0.5) is 5.69 Å². The zero-order valence-electron chi connectivity index (χ0n) is 11.0. The Hall–Kier alpha value is -2.47. The van der Waals surface area contributed by atoms with Gasteiger partial charge in [0.2, 0.25) is 11.1 Å². The Balaban J connectivity index is 0.000000383. The fraction of sp³-hybridized carbons (Fsp3) is 0.0769. The van der Waals surface area contributed by atoms with E-state index in [1.54, 1.807) is 13.2 Å². The summed E-state index contributed by atoms with van der Waals surface area (Å²) in [6.45, 7) is 0. The molecule has 0 amide bonds. The van der Waals surface area contributed by atoms with Crippen molar-refractivity contribution in [2.45, 2.75) is 0 Å². The molecule has 0 heterocycles. The van der Waals surface area contributed by atoms with Crippen molar-refractivity contribution in [2.75, 3.05) is 7.11 Å². The van der Waals surface area contributed by atoms with E-state index < -0.39 is 10.4 Å². The fourth-order valence-electron chi connectivity index (χ4n) is 1.57. The molecular weight excluding hydrogens is 296 g/mol. The summed E-state index contributed by atoms with van der Waals surface area (Å²) in [7, 11) is -3.11. The van der Waals surface area contributed by atoms with Crippen molar-refractivity contribution in [2.24, 2.45) is 0 Å². The van der Waals surface area contributed by atoms with E-state index in [-0.39, 0.29) is 0 Å². The van der Waals surface area contributed by atoms with E-state index in [2.05, 4.69) is 4.98 Å². The van der Waals surface area contributed by atoms with Gasteiger partial charge in [0.05, 0.1) is 7.11 Å². The molecule has 0 fully saturated rings. The molecule has 0 aliphatic heterocycles. The van der Waals surface area contributed by atoms with Crippen molar-refractivity contribution in [1.82, 2.24) is 0 Å². The normalized spacial score (nSPS) is 10.0. The topological polar surface area (TPSA) is 112 Å². The fourth-order valence-corrected chi connectivity index (χ4v) is 1.57. The number of nitrogens with zero attached hydrogens (tertiary/aromatic N) is 2. The summed E-state index contributed by atoms with van der Waals surface area (Å²) in [6.07, 6.45) is 0. The summed E-state index contributed by atoms with van der Waals surface area (Å²) in [4.78, 5) is 3.15. The maximum absolute atomic E-state index is 8.76. The molecule has 0 aliphatic rings. The Bertz CT molecular complexity index is 731. The number of methoxy groups -OCH3 is 1. The third-order valence-corrected chi connectivity index (χ3v) is 2.39. The maximum atomic E-state index is 8.76. The second kappa shape index (κ2) is 7.35. The lowest BCUT2D eigenvalue weighted by Crippen LogP contribution is -1.89. The Kier molecular flexibility index (Phi) is 5.80. The van der Waals surface area contributed by atoms with Crippen LogP contribution in [0.2, 0.25) is 0 Å². The molecule has 0 unspecified atom stereocenters. The maximum Gasteiger partial charge on any atom is 0.426 e. The molecule has 0 aliphatic carbocycles. The van der Waals surface area contributed by atoms with Crippen LogP contribution in [0.1, 0.15) is 0 Å². The first-order valence-corrected chi connectivity index (χ1v) is 7.03. The smallest absolute Gasteiger partial charge is 0.426 e. The minimum atomic E-state index is -4.67. The molecule has 0 bridgehead atoms. The second-order valence-corrected chi connectivity index (χ2v) is 4.70. The lowest BCUT2D eigenvalue weighted by atomic mass is 10.1. The molecule has 2 aromatic rings. The number of diazo groups is 1. The summed E-state index contributed by atoms with van der Waals surface area (Å²) in [5.74, 6) is 0.559. The minimum absolute atomic E-state index is 0.433. The van der Waals surface area contributed by atoms with Crippen LogP contribution in [0.15, 0.2) is 48.5 Å². The van der Waals surface area contributed by atoms with Crippen LogP contribution in [0.3, 0.4) is 0 Å². The molecule has 110 valence electrons. The third kappa shape index (κ3) is 6.01. The van der Waals surface area contributed by atoms with Gasteiger partial charge in [-0.25, -0.2) is 0 Å². The molecular formula is C13H13N2O5S+. The first-order valence-electron chi connectivity index (χ1n) is 5.63. The van der Waals surface area contributed by atoms with Crippen LogP contribution in [0, 0.1) is 5.39 Å². The van der Waals surface area contributed by atoms with Crippen molar-refractivity contribution < 1.29 is 22.3 Å². The number of ether oxygens (including phenoxy) is 1. The quantitative estimate of drug-likeness (QED) is 0.650. The molecule has 0 saturated carbocycles. The summed E-state index contributed by atoms with van der Waals surface area (Å²) < 4.78 is 36.7. The van der Waals surface area contributed by atoms with Gasteiger partial charge in [0.1, 0.15) is 0 Å². The predicted octanol–water partition coefficient (Wildman–Crippen LogP) is 3.19. The molecule has 21 heavy (non-hydrogen) atoms. The molecule has 2 N–H and O–H groups in total. The Morgan fingerprint density at radius 1 is 1.05 bits per heavy atom. The zero-order chi connectivity index (χ0) is 15.9. The summed E-state index contributed by atoms with van der Waals surface area (Å²) >= 11 is 0. The number of hydrogen-bond acceptors (Lipinski definition) is 4.